The van der Waals surface area contributed by atoms with Gasteiger partial charge in [0.1, 0.15) is 0 Å². The van der Waals surface area contributed by atoms with Gasteiger partial charge in [-0.3, -0.25) is 9.58 Å². The number of aromatic nitrogens is 2. The minimum Gasteiger partial charge on any atom is -0.309 e. The van der Waals surface area contributed by atoms with Crippen molar-refractivity contribution in [1.29, 1.82) is 0 Å². The van der Waals surface area contributed by atoms with Gasteiger partial charge in [-0.25, -0.2) is 0 Å². The molecule has 2 rings (SSSR count). The zero-order valence-corrected chi connectivity index (χ0v) is 11.2. The van der Waals surface area contributed by atoms with Crippen molar-refractivity contribution in [1.82, 2.24) is 20.0 Å². The van der Waals surface area contributed by atoms with Crippen LogP contribution in [0.15, 0.2) is 18.5 Å². The standard InChI is InChI=1S/C13H24N4/c1-4-13(3)11-16(12(2)10-14-13)8-9-17-7-5-6-15-17/h5-7,12,14H,4,8-11H2,1-3H3. The average molecular weight is 236 g/mol. The predicted octanol–water partition coefficient (Wildman–Crippen LogP) is 1.35. The lowest BCUT2D eigenvalue weighted by Gasteiger charge is -2.45. The smallest absolute Gasteiger partial charge is 0.0536 e. The van der Waals surface area contributed by atoms with E-state index in [0.29, 0.717) is 6.04 Å². The molecule has 2 atom stereocenters. The molecule has 1 aromatic heterocycles. The Kier molecular flexibility index (Phi) is 3.84. The van der Waals surface area contributed by atoms with Crippen LogP contribution in [0.4, 0.5) is 0 Å². The van der Waals surface area contributed by atoms with Crippen LogP contribution in [0, 0.1) is 0 Å². The van der Waals surface area contributed by atoms with E-state index >= 15 is 0 Å². The lowest BCUT2D eigenvalue weighted by molar-refractivity contribution is 0.0888. The van der Waals surface area contributed by atoms with E-state index in [1.54, 1.807) is 0 Å². The Hall–Kier alpha value is -0.870. The van der Waals surface area contributed by atoms with Gasteiger partial charge in [0.25, 0.3) is 0 Å². The van der Waals surface area contributed by atoms with Gasteiger partial charge in [0.15, 0.2) is 0 Å². The average Bonchev–Trinajstić information content (AvgIpc) is 2.84. The van der Waals surface area contributed by atoms with Crippen LogP contribution < -0.4 is 5.32 Å². The van der Waals surface area contributed by atoms with Crippen LogP contribution >= 0.6 is 0 Å². The third-order valence-electron chi connectivity index (χ3n) is 3.96. The Labute approximate surface area is 104 Å². The van der Waals surface area contributed by atoms with Crippen molar-refractivity contribution in [2.24, 2.45) is 0 Å². The molecule has 4 nitrogen and oxygen atoms in total. The molecule has 0 spiro atoms. The molecule has 1 aliphatic rings. The van der Waals surface area contributed by atoms with Crippen molar-refractivity contribution in [2.75, 3.05) is 19.6 Å². The van der Waals surface area contributed by atoms with Gasteiger partial charge in [-0.15, -0.1) is 0 Å². The molecule has 1 N–H and O–H groups in total. The maximum atomic E-state index is 4.26. The fourth-order valence-corrected chi connectivity index (χ4v) is 2.38. The highest BCUT2D eigenvalue weighted by molar-refractivity contribution is 4.93. The first kappa shape index (κ1) is 12.6. The maximum Gasteiger partial charge on any atom is 0.0536 e. The summed E-state index contributed by atoms with van der Waals surface area (Å²) in [4.78, 5) is 2.57. The minimum absolute atomic E-state index is 0.274. The molecule has 1 aliphatic heterocycles. The van der Waals surface area contributed by atoms with Crippen LogP contribution in [0.5, 0.6) is 0 Å². The first-order valence-electron chi connectivity index (χ1n) is 6.59. The van der Waals surface area contributed by atoms with Crippen molar-refractivity contribution in [2.45, 2.75) is 45.3 Å². The summed E-state index contributed by atoms with van der Waals surface area (Å²) in [5.74, 6) is 0. The van der Waals surface area contributed by atoms with Crippen LogP contribution in [0.1, 0.15) is 27.2 Å². The Bertz CT molecular complexity index is 335. The molecule has 0 saturated carbocycles. The second-order valence-electron chi connectivity index (χ2n) is 5.38. The third-order valence-corrected chi connectivity index (χ3v) is 3.96. The molecule has 17 heavy (non-hydrogen) atoms. The van der Waals surface area contributed by atoms with E-state index in [4.69, 9.17) is 0 Å². The first-order chi connectivity index (χ1) is 8.13. The van der Waals surface area contributed by atoms with E-state index in [2.05, 4.69) is 36.1 Å². The van der Waals surface area contributed by atoms with E-state index in [-0.39, 0.29) is 5.54 Å². The molecule has 4 heteroatoms. The van der Waals surface area contributed by atoms with Gasteiger partial charge in [0.05, 0.1) is 6.54 Å². The Morgan fingerprint density at radius 3 is 2.94 bits per heavy atom. The molecular weight excluding hydrogens is 212 g/mol. The largest absolute Gasteiger partial charge is 0.309 e. The topological polar surface area (TPSA) is 33.1 Å². The highest BCUT2D eigenvalue weighted by atomic mass is 15.3. The van der Waals surface area contributed by atoms with Gasteiger partial charge in [-0.1, -0.05) is 6.92 Å². The van der Waals surface area contributed by atoms with E-state index < -0.39 is 0 Å². The summed E-state index contributed by atoms with van der Waals surface area (Å²) in [6, 6.07) is 2.60. The zero-order chi connectivity index (χ0) is 12.3. The van der Waals surface area contributed by atoms with Gasteiger partial charge in [0, 0.05) is 43.6 Å². The molecule has 96 valence electrons. The summed E-state index contributed by atoms with van der Waals surface area (Å²) >= 11 is 0. The number of piperazine rings is 1. The highest BCUT2D eigenvalue weighted by Crippen LogP contribution is 2.18. The van der Waals surface area contributed by atoms with E-state index in [1.807, 2.05) is 23.1 Å². The maximum absolute atomic E-state index is 4.26. The lowest BCUT2D eigenvalue weighted by atomic mass is 9.94. The Morgan fingerprint density at radius 1 is 1.47 bits per heavy atom. The second kappa shape index (κ2) is 5.19. The Balaban J connectivity index is 1.89. The van der Waals surface area contributed by atoms with Crippen LogP contribution in [0.3, 0.4) is 0 Å². The fraction of sp³-hybridized carbons (Fsp3) is 0.769. The number of hydrogen-bond acceptors (Lipinski definition) is 3. The van der Waals surface area contributed by atoms with Crippen molar-refractivity contribution < 1.29 is 0 Å². The summed E-state index contributed by atoms with van der Waals surface area (Å²) in [7, 11) is 0. The van der Waals surface area contributed by atoms with Crippen molar-refractivity contribution in [3.63, 3.8) is 0 Å². The number of rotatable bonds is 4. The normalized spacial score (nSPS) is 30.6. The summed E-state index contributed by atoms with van der Waals surface area (Å²) < 4.78 is 2.01. The van der Waals surface area contributed by atoms with Gasteiger partial charge in [-0.2, -0.15) is 5.10 Å². The molecule has 1 aromatic rings. The van der Waals surface area contributed by atoms with Crippen LogP contribution in [0.2, 0.25) is 0 Å². The van der Waals surface area contributed by atoms with E-state index in [1.165, 1.54) is 6.42 Å². The Morgan fingerprint density at radius 2 is 2.29 bits per heavy atom. The monoisotopic (exact) mass is 236 g/mol. The molecule has 2 heterocycles. The lowest BCUT2D eigenvalue weighted by Crippen LogP contribution is -2.62. The molecule has 0 aromatic carbocycles. The fourth-order valence-electron chi connectivity index (χ4n) is 2.38. The molecule has 0 amide bonds. The number of nitrogens with zero attached hydrogens (tertiary/aromatic N) is 3. The molecule has 0 radical (unpaired) electrons. The SMILES string of the molecule is CCC1(C)CN(CCn2cccn2)C(C)CN1. The van der Waals surface area contributed by atoms with Gasteiger partial charge in [0.2, 0.25) is 0 Å². The first-order valence-corrected chi connectivity index (χ1v) is 6.59. The van der Waals surface area contributed by atoms with E-state index in [9.17, 15) is 0 Å². The minimum atomic E-state index is 0.274. The summed E-state index contributed by atoms with van der Waals surface area (Å²) in [6.07, 6.45) is 5.06. The zero-order valence-electron chi connectivity index (χ0n) is 11.2. The quantitative estimate of drug-likeness (QED) is 0.856. The third kappa shape index (κ3) is 3.07. The van der Waals surface area contributed by atoms with Crippen LogP contribution in [0.25, 0.3) is 0 Å². The van der Waals surface area contributed by atoms with Crippen molar-refractivity contribution in [3.05, 3.63) is 18.5 Å². The summed E-state index contributed by atoms with van der Waals surface area (Å²) in [5.41, 5.74) is 0.274. The predicted molar refractivity (Wildman–Crippen MR) is 70.0 cm³/mol. The molecule has 0 bridgehead atoms. The van der Waals surface area contributed by atoms with Gasteiger partial charge in [-0.05, 0) is 26.3 Å². The van der Waals surface area contributed by atoms with Crippen molar-refractivity contribution in [3.8, 4) is 0 Å². The number of nitrogens with one attached hydrogen (secondary N) is 1. The van der Waals surface area contributed by atoms with Gasteiger partial charge < -0.3 is 5.32 Å². The van der Waals surface area contributed by atoms with Gasteiger partial charge >= 0.3 is 0 Å². The van der Waals surface area contributed by atoms with Crippen LogP contribution in [-0.4, -0.2) is 45.9 Å². The number of hydrogen-bond donors (Lipinski definition) is 1. The molecule has 2 unspecified atom stereocenters. The molecule has 1 saturated heterocycles. The van der Waals surface area contributed by atoms with E-state index in [0.717, 1.165) is 26.2 Å². The molecular formula is C13H24N4. The second-order valence-corrected chi connectivity index (χ2v) is 5.38. The van der Waals surface area contributed by atoms with Crippen LogP contribution in [-0.2, 0) is 6.54 Å². The molecule has 0 aliphatic carbocycles. The summed E-state index contributed by atoms with van der Waals surface area (Å²) in [5, 5.41) is 7.91. The van der Waals surface area contributed by atoms with Crippen molar-refractivity contribution >= 4 is 0 Å². The molecule has 1 fully saturated rings. The highest BCUT2D eigenvalue weighted by Gasteiger charge is 2.32. The summed E-state index contributed by atoms with van der Waals surface area (Å²) in [6.45, 7) is 11.2.